The van der Waals surface area contributed by atoms with E-state index in [9.17, 15) is 13.5 Å². The maximum Gasteiger partial charge on any atom is 0.150 e. The van der Waals surface area contributed by atoms with Crippen molar-refractivity contribution < 1.29 is 13.5 Å². The Morgan fingerprint density at radius 3 is 2.12 bits per heavy atom. The van der Waals surface area contributed by atoms with E-state index in [0.29, 0.717) is 6.42 Å². The van der Waals surface area contributed by atoms with Crippen LogP contribution in [0.15, 0.2) is 18.2 Å². The van der Waals surface area contributed by atoms with E-state index < -0.39 is 15.9 Å². The van der Waals surface area contributed by atoms with Crippen LogP contribution in [-0.2, 0) is 16.3 Å². The molecule has 0 heterocycles. The van der Waals surface area contributed by atoms with Crippen LogP contribution in [0, 0.1) is 13.8 Å². The topological polar surface area (TPSA) is 54.4 Å². The zero-order chi connectivity index (χ0) is 12.3. The van der Waals surface area contributed by atoms with E-state index in [1.165, 1.54) is 0 Å². The van der Waals surface area contributed by atoms with Crippen molar-refractivity contribution >= 4 is 9.84 Å². The number of aliphatic hydroxyl groups excluding tert-OH is 1. The van der Waals surface area contributed by atoms with Crippen LogP contribution in [0.2, 0.25) is 0 Å². The molecule has 0 bridgehead atoms. The lowest BCUT2D eigenvalue weighted by molar-refractivity contribution is 0.198. The maximum absolute atomic E-state index is 11.0. The molecule has 1 aromatic carbocycles. The Balaban J connectivity index is 2.73. The standard InChI is InChI=1S/C12H18O3S/c1-9-4-10(2)6-11(5-9)7-12(13)8-16(3,14)15/h4-6,12-13H,7-8H2,1-3H3. The minimum Gasteiger partial charge on any atom is -0.392 e. The molecule has 0 radical (unpaired) electrons. The van der Waals surface area contributed by atoms with Crippen LogP contribution < -0.4 is 0 Å². The number of benzene rings is 1. The van der Waals surface area contributed by atoms with Crippen molar-refractivity contribution in [3.8, 4) is 0 Å². The normalized spacial score (nSPS) is 13.8. The highest BCUT2D eigenvalue weighted by Crippen LogP contribution is 2.11. The lowest BCUT2D eigenvalue weighted by atomic mass is 10.0. The van der Waals surface area contributed by atoms with E-state index in [2.05, 4.69) is 0 Å². The molecular formula is C12H18O3S. The number of sulfone groups is 1. The Labute approximate surface area is 97.0 Å². The quantitative estimate of drug-likeness (QED) is 0.864. The number of hydrogen-bond acceptors (Lipinski definition) is 3. The molecular weight excluding hydrogens is 224 g/mol. The third kappa shape index (κ3) is 4.77. The lowest BCUT2D eigenvalue weighted by Gasteiger charge is -2.10. The second kappa shape index (κ2) is 4.97. The van der Waals surface area contributed by atoms with Gasteiger partial charge in [0.1, 0.15) is 9.84 Å². The monoisotopic (exact) mass is 242 g/mol. The summed E-state index contributed by atoms with van der Waals surface area (Å²) in [6, 6.07) is 5.99. The minimum atomic E-state index is -3.11. The Morgan fingerprint density at radius 2 is 1.69 bits per heavy atom. The molecule has 0 saturated carbocycles. The third-order valence-electron chi connectivity index (χ3n) is 2.25. The Bertz CT molecular complexity index is 443. The summed E-state index contributed by atoms with van der Waals surface area (Å²) < 4.78 is 22.0. The summed E-state index contributed by atoms with van der Waals surface area (Å²) >= 11 is 0. The fourth-order valence-corrected chi connectivity index (χ4v) is 2.68. The number of hydrogen-bond donors (Lipinski definition) is 1. The average Bonchev–Trinajstić information content (AvgIpc) is 1.96. The summed E-state index contributed by atoms with van der Waals surface area (Å²) in [6.07, 6.45) is 0.698. The first-order valence-electron chi connectivity index (χ1n) is 5.19. The molecule has 0 amide bonds. The van der Waals surface area contributed by atoms with Gasteiger partial charge >= 0.3 is 0 Å². The molecule has 0 saturated heterocycles. The number of aliphatic hydroxyl groups is 1. The highest BCUT2D eigenvalue weighted by molar-refractivity contribution is 7.90. The predicted octanol–water partition coefficient (Wildman–Crippen LogP) is 1.25. The molecule has 0 fully saturated rings. The van der Waals surface area contributed by atoms with Crippen molar-refractivity contribution in [2.75, 3.05) is 12.0 Å². The zero-order valence-electron chi connectivity index (χ0n) is 9.90. The van der Waals surface area contributed by atoms with Gasteiger partial charge in [0.15, 0.2) is 0 Å². The molecule has 3 nitrogen and oxygen atoms in total. The molecule has 0 aliphatic heterocycles. The van der Waals surface area contributed by atoms with Crippen LogP contribution in [-0.4, -0.2) is 31.6 Å². The van der Waals surface area contributed by atoms with Crippen LogP contribution in [0.3, 0.4) is 0 Å². The SMILES string of the molecule is Cc1cc(C)cc(CC(O)CS(C)(=O)=O)c1. The van der Waals surface area contributed by atoms with Crippen molar-refractivity contribution in [3.63, 3.8) is 0 Å². The van der Waals surface area contributed by atoms with Crippen molar-refractivity contribution in [1.29, 1.82) is 0 Å². The summed E-state index contributed by atoms with van der Waals surface area (Å²) in [6.45, 7) is 3.97. The van der Waals surface area contributed by atoms with Crippen molar-refractivity contribution in [2.24, 2.45) is 0 Å². The summed E-state index contributed by atoms with van der Waals surface area (Å²) in [4.78, 5) is 0. The summed E-state index contributed by atoms with van der Waals surface area (Å²) in [5.74, 6) is -0.181. The number of aryl methyl sites for hydroxylation is 2. The van der Waals surface area contributed by atoms with Crippen LogP contribution in [0.4, 0.5) is 0 Å². The van der Waals surface area contributed by atoms with E-state index in [1.807, 2.05) is 32.0 Å². The summed E-state index contributed by atoms with van der Waals surface area (Å²) in [5, 5.41) is 9.64. The first-order chi connectivity index (χ1) is 7.26. The Hall–Kier alpha value is -0.870. The van der Waals surface area contributed by atoms with Gasteiger partial charge in [-0.1, -0.05) is 29.3 Å². The first-order valence-corrected chi connectivity index (χ1v) is 7.25. The molecule has 4 heteroatoms. The number of rotatable bonds is 4. The van der Waals surface area contributed by atoms with Gasteiger partial charge in [-0.05, 0) is 25.8 Å². The van der Waals surface area contributed by atoms with E-state index in [4.69, 9.17) is 0 Å². The lowest BCUT2D eigenvalue weighted by Crippen LogP contribution is -2.22. The predicted molar refractivity (Wildman–Crippen MR) is 65.3 cm³/mol. The van der Waals surface area contributed by atoms with Gasteiger partial charge in [-0.15, -0.1) is 0 Å². The van der Waals surface area contributed by atoms with E-state index in [-0.39, 0.29) is 5.75 Å². The van der Waals surface area contributed by atoms with E-state index in [0.717, 1.165) is 22.9 Å². The van der Waals surface area contributed by atoms with Crippen molar-refractivity contribution in [3.05, 3.63) is 34.9 Å². The molecule has 0 spiro atoms. The molecule has 0 aliphatic carbocycles. The van der Waals surface area contributed by atoms with Gasteiger partial charge in [-0.25, -0.2) is 8.42 Å². The molecule has 1 atom stereocenters. The van der Waals surface area contributed by atoms with Crippen LogP contribution >= 0.6 is 0 Å². The van der Waals surface area contributed by atoms with Crippen molar-refractivity contribution in [2.45, 2.75) is 26.4 Å². The summed E-state index contributed by atoms with van der Waals surface area (Å²) in [7, 11) is -3.11. The van der Waals surface area contributed by atoms with Gasteiger partial charge in [0.2, 0.25) is 0 Å². The molecule has 1 aromatic rings. The molecule has 0 aliphatic rings. The van der Waals surface area contributed by atoms with Crippen LogP contribution in [0.1, 0.15) is 16.7 Å². The largest absolute Gasteiger partial charge is 0.392 e. The second-order valence-corrected chi connectivity index (χ2v) is 6.63. The van der Waals surface area contributed by atoms with E-state index in [1.54, 1.807) is 0 Å². The molecule has 90 valence electrons. The fourth-order valence-electron chi connectivity index (χ4n) is 1.87. The van der Waals surface area contributed by atoms with Gasteiger partial charge in [0, 0.05) is 6.26 Å². The highest BCUT2D eigenvalue weighted by atomic mass is 32.2. The zero-order valence-corrected chi connectivity index (χ0v) is 10.7. The molecule has 1 rings (SSSR count). The van der Waals surface area contributed by atoms with Gasteiger partial charge in [0.25, 0.3) is 0 Å². The van der Waals surface area contributed by atoms with E-state index >= 15 is 0 Å². The molecule has 0 aromatic heterocycles. The molecule has 1 unspecified atom stereocenters. The van der Waals surface area contributed by atoms with Crippen molar-refractivity contribution in [1.82, 2.24) is 0 Å². The molecule has 16 heavy (non-hydrogen) atoms. The second-order valence-electron chi connectivity index (χ2n) is 4.45. The van der Waals surface area contributed by atoms with Crippen LogP contribution in [0.25, 0.3) is 0 Å². The minimum absolute atomic E-state index is 0.181. The summed E-state index contributed by atoms with van der Waals surface area (Å²) in [5.41, 5.74) is 3.23. The van der Waals surface area contributed by atoms with Gasteiger partial charge < -0.3 is 5.11 Å². The first kappa shape index (κ1) is 13.2. The molecule has 1 N–H and O–H groups in total. The van der Waals surface area contributed by atoms with Crippen LogP contribution in [0.5, 0.6) is 0 Å². The maximum atomic E-state index is 11.0. The highest BCUT2D eigenvalue weighted by Gasteiger charge is 2.13. The Kier molecular flexibility index (Phi) is 4.10. The smallest absolute Gasteiger partial charge is 0.150 e. The van der Waals surface area contributed by atoms with Gasteiger partial charge in [-0.3, -0.25) is 0 Å². The third-order valence-corrected chi connectivity index (χ3v) is 3.24. The fraction of sp³-hybridized carbons (Fsp3) is 0.500. The average molecular weight is 242 g/mol. The Morgan fingerprint density at radius 1 is 1.19 bits per heavy atom. The van der Waals surface area contributed by atoms with Gasteiger partial charge in [0.05, 0.1) is 11.9 Å². The van der Waals surface area contributed by atoms with Gasteiger partial charge in [-0.2, -0.15) is 0 Å².